The first-order valence-electron chi connectivity index (χ1n) is 6.74. The molecule has 1 aromatic rings. The molecular weight excluding hydrogens is 304 g/mol. The van der Waals surface area contributed by atoms with E-state index in [1.807, 2.05) is 5.32 Å². The topological polar surface area (TPSA) is 126 Å². The van der Waals surface area contributed by atoms with Crippen molar-refractivity contribution in [2.75, 3.05) is 18.5 Å². The summed E-state index contributed by atoms with van der Waals surface area (Å²) in [5, 5.41) is 6.76. The maximum atomic E-state index is 11.7. The quantitative estimate of drug-likeness (QED) is 0.706. The van der Waals surface area contributed by atoms with Crippen molar-refractivity contribution in [2.24, 2.45) is 4.99 Å². The molecule has 0 bridgehead atoms. The lowest BCUT2D eigenvalue weighted by Crippen LogP contribution is -2.53. The normalized spacial score (nSPS) is 15.6. The molecule has 0 saturated carbocycles. The summed E-state index contributed by atoms with van der Waals surface area (Å²) in [5.74, 6) is -1.18. The Balaban J connectivity index is 1.99. The second kappa shape index (κ2) is 7.16. The van der Waals surface area contributed by atoms with Gasteiger partial charge >= 0.3 is 18.0 Å². The Morgan fingerprint density at radius 3 is 2.57 bits per heavy atom. The minimum atomic E-state index is -0.768. The Morgan fingerprint density at radius 1 is 1.26 bits per heavy atom. The van der Waals surface area contributed by atoms with Crippen LogP contribution in [0.2, 0.25) is 0 Å². The van der Waals surface area contributed by atoms with E-state index in [0.717, 1.165) is 0 Å². The third kappa shape index (κ3) is 4.37. The summed E-state index contributed by atoms with van der Waals surface area (Å²) in [7, 11) is 0. The van der Waals surface area contributed by atoms with Crippen LogP contribution in [0.15, 0.2) is 29.3 Å². The predicted octanol–water partition coefficient (Wildman–Crippen LogP) is 0.676. The minimum Gasteiger partial charge on any atom is -0.462 e. The zero-order chi connectivity index (χ0) is 16.8. The van der Waals surface area contributed by atoms with Crippen molar-refractivity contribution in [2.45, 2.75) is 6.92 Å². The molecule has 1 aliphatic heterocycles. The number of nitrogens with zero attached hydrogens (tertiary/aromatic N) is 1. The fraction of sp³-hybridized carbons (Fsp3) is 0.214. The van der Waals surface area contributed by atoms with E-state index in [4.69, 9.17) is 4.74 Å². The molecular formula is C14H14N4O5. The van der Waals surface area contributed by atoms with Crippen molar-refractivity contribution in [1.29, 1.82) is 0 Å². The zero-order valence-electron chi connectivity index (χ0n) is 12.2. The van der Waals surface area contributed by atoms with E-state index in [1.54, 1.807) is 6.92 Å². The van der Waals surface area contributed by atoms with E-state index in [0.29, 0.717) is 11.3 Å². The van der Waals surface area contributed by atoms with Gasteiger partial charge in [0.05, 0.1) is 18.7 Å². The summed E-state index contributed by atoms with van der Waals surface area (Å²) in [6.07, 6.45) is 0. The lowest BCUT2D eigenvalue weighted by atomic mass is 10.2. The second-order valence-electron chi connectivity index (χ2n) is 4.42. The van der Waals surface area contributed by atoms with Crippen molar-refractivity contribution < 1.29 is 23.9 Å². The van der Waals surface area contributed by atoms with Crippen molar-refractivity contribution in [1.82, 2.24) is 10.6 Å². The second-order valence-corrected chi connectivity index (χ2v) is 4.42. The van der Waals surface area contributed by atoms with Crippen molar-refractivity contribution in [3.63, 3.8) is 0 Å². The van der Waals surface area contributed by atoms with E-state index in [-0.39, 0.29) is 18.9 Å². The number of esters is 1. The number of carbonyl (C=O) groups is 4. The van der Waals surface area contributed by atoms with Gasteiger partial charge in [0, 0.05) is 5.69 Å². The third-order valence-electron chi connectivity index (χ3n) is 2.79. The number of urea groups is 2. The number of benzene rings is 1. The summed E-state index contributed by atoms with van der Waals surface area (Å²) in [6, 6.07) is 4.60. The lowest BCUT2D eigenvalue weighted by Gasteiger charge is -2.14. The third-order valence-corrected chi connectivity index (χ3v) is 2.79. The van der Waals surface area contributed by atoms with Gasteiger partial charge in [-0.2, -0.15) is 4.99 Å². The van der Waals surface area contributed by atoms with Gasteiger partial charge < -0.3 is 15.4 Å². The number of carbonyl (C=O) groups excluding carboxylic acids is 4. The Kier molecular flexibility index (Phi) is 5.03. The number of ether oxygens (including phenoxy) is 1. The standard InChI is InChI=1S/C14H14N4O5/c1-2-23-12(20)8-3-5-9(6-4-8)16-14(22)17-10-7-15-13(21)18-11(10)19/h3-6H,2,7H2,1H3,(H,16,22)(H2,15,18,19,21). The zero-order valence-corrected chi connectivity index (χ0v) is 12.2. The molecule has 1 saturated heterocycles. The minimum absolute atomic E-state index is 0.106. The van der Waals surface area contributed by atoms with Crippen LogP contribution in [0.3, 0.4) is 0 Å². The molecule has 0 aromatic heterocycles. The van der Waals surface area contributed by atoms with Gasteiger partial charge in [0.25, 0.3) is 5.91 Å². The van der Waals surface area contributed by atoms with Gasteiger partial charge in [-0.3, -0.25) is 10.1 Å². The summed E-state index contributed by atoms with van der Waals surface area (Å²) in [5.41, 5.74) is 0.642. The van der Waals surface area contributed by atoms with E-state index in [1.165, 1.54) is 24.3 Å². The van der Waals surface area contributed by atoms with Crippen LogP contribution in [-0.4, -0.2) is 42.8 Å². The Bertz CT molecular complexity index is 681. The van der Waals surface area contributed by atoms with Gasteiger partial charge in [-0.1, -0.05) is 0 Å². The monoisotopic (exact) mass is 318 g/mol. The van der Waals surface area contributed by atoms with Crippen LogP contribution in [0.5, 0.6) is 0 Å². The highest BCUT2D eigenvalue weighted by atomic mass is 16.5. The van der Waals surface area contributed by atoms with Crippen LogP contribution in [0, 0.1) is 0 Å². The maximum absolute atomic E-state index is 11.7. The highest BCUT2D eigenvalue weighted by molar-refractivity contribution is 6.45. The van der Waals surface area contributed by atoms with Crippen molar-refractivity contribution >= 4 is 35.3 Å². The van der Waals surface area contributed by atoms with Crippen LogP contribution >= 0.6 is 0 Å². The van der Waals surface area contributed by atoms with Crippen molar-refractivity contribution in [3.05, 3.63) is 29.8 Å². The van der Waals surface area contributed by atoms with Crippen LogP contribution in [-0.2, 0) is 9.53 Å². The van der Waals surface area contributed by atoms with Gasteiger partial charge in [-0.25, -0.2) is 14.4 Å². The average Bonchev–Trinajstić information content (AvgIpc) is 2.51. The molecule has 9 nitrogen and oxygen atoms in total. The molecule has 2 rings (SSSR count). The SMILES string of the molecule is CCOC(=O)c1ccc(NC(=O)N=C2CNC(=O)NC2=O)cc1. The summed E-state index contributed by atoms with van der Waals surface area (Å²) < 4.78 is 4.84. The van der Waals surface area contributed by atoms with Gasteiger partial charge in [0.2, 0.25) is 0 Å². The van der Waals surface area contributed by atoms with Gasteiger partial charge in [-0.15, -0.1) is 0 Å². The first-order valence-corrected chi connectivity index (χ1v) is 6.74. The number of amides is 5. The van der Waals surface area contributed by atoms with Crippen LogP contribution in [0.25, 0.3) is 0 Å². The first-order chi connectivity index (χ1) is 11.0. The van der Waals surface area contributed by atoms with Crippen molar-refractivity contribution in [3.8, 4) is 0 Å². The molecule has 1 aromatic carbocycles. The molecule has 3 N–H and O–H groups in total. The maximum Gasteiger partial charge on any atom is 0.345 e. The highest BCUT2D eigenvalue weighted by Gasteiger charge is 2.22. The number of rotatable bonds is 3. The molecule has 9 heteroatoms. The van der Waals surface area contributed by atoms with Gasteiger partial charge in [0.1, 0.15) is 5.71 Å². The fourth-order valence-corrected chi connectivity index (χ4v) is 1.73. The summed E-state index contributed by atoms with van der Waals surface area (Å²) in [4.78, 5) is 49.2. The predicted molar refractivity (Wildman–Crippen MR) is 80.4 cm³/mol. The molecule has 1 fully saturated rings. The summed E-state index contributed by atoms with van der Waals surface area (Å²) in [6.45, 7) is 1.85. The average molecular weight is 318 g/mol. The van der Waals surface area contributed by atoms with Gasteiger partial charge in [0.15, 0.2) is 0 Å². The molecule has 0 spiro atoms. The molecule has 0 atom stereocenters. The molecule has 0 radical (unpaired) electrons. The van der Waals surface area contributed by atoms with Crippen LogP contribution < -0.4 is 16.0 Å². The highest BCUT2D eigenvalue weighted by Crippen LogP contribution is 2.11. The molecule has 23 heavy (non-hydrogen) atoms. The van der Waals surface area contributed by atoms with Crippen LogP contribution in [0.4, 0.5) is 15.3 Å². The van der Waals surface area contributed by atoms with E-state index in [9.17, 15) is 19.2 Å². The number of imide groups is 1. The largest absolute Gasteiger partial charge is 0.462 e. The first kappa shape index (κ1) is 16.1. The Morgan fingerprint density at radius 2 is 1.96 bits per heavy atom. The molecule has 5 amide bonds. The molecule has 0 aliphatic carbocycles. The Hall–Kier alpha value is -3.23. The van der Waals surface area contributed by atoms with Gasteiger partial charge in [-0.05, 0) is 31.2 Å². The molecule has 120 valence electrons. The Labute approximate surface area is 131 Å². The number of anilines is 1. The fourth-order valence-electron chi connectivity index (χ4n) is 1.73. The smallest absolute Gasteiger partial charge is 0.345 e. The van der Waals surface area contributed by atoms with E-state index < -0.39 is 23.9 Å². The number of aliphatic imine (C=N–C) groups is 1. The lowest BCUT2D eigenvalue weighted by molar-refractivity contribution is -0.114. The molecule has 0 unspecified atom stereocenters. The number of nitrogens with one attached hydrogen (secondary N) is 3. The van der Waals surface area contributed by atoms with Crippen LogP contribution in [0.1, 0.15) is 17.3 Å². The number of hydrogen-bond donors (Lipinski definition) is 3. The van der Waals surface area contributed by atoms with E-state index in [2.05, 4.69) is 15.6 Å². The molecule has 1 aliphatic rings. The molecule has 1 heterocycles. The summed E-state index contributed by atoms with van der Waals surface area (Å²) >= 11 is 0. The van der Waals surface area contributed by atoms with E-state index >= 15 is 0 Å². The number of hydrogen-bond acceptors (Lipinski definition) is 5.